The van der Waals surface area contributed by atoms with Gasteiger partial charge >= 0.3 is 5.97 Å². The number of nitrogens with zero attached hydrogens (tertiary/aromatic N) is 2. The van der Waals surface area contributed by atoms with Crippen molar-refractivity contribution in [3.8, 4) is 0 Å². The summed E-state index contributed by atoms with van der Waals surface area (Å²) in [6, 6.07) is 6.47. The van der Waals surface area contributed by atoms with Gasteiger partial charge in [-0.05, 0) is 44.9 Å². The zero-order valence-electron chi connectivity index (χ0n) is 13.7. The number of carbonyl (C=O) groups is 3. The van der Waals surface area contributed by atoms with E-state index in [2.05, 4.69) is 0 Å². The highest BCUT2D eigenvalue weighted by Gasteiger charge is 2.46. The lowest BCUT2D eigenvalue weighted by Gasteiger charge is -2.31. The molecular formula is C17H22N2O4. The molecule has 2 rings (SSSR count). The largest absolute Gasteiger partial charge is 0.480 e. The van der Waals surface area contributed by atoms with Crippen LogP contribution in [0.15, 0.2) is 24.3 Å². The Morgan fingerprint density at radius 3 is 2.57 bits per heavy atom. The van der Waals surface area contributed by atoms with Crippen LogP contribution in [0.5, 0.6) is 0 Å². The van der Waals surface area contributed by atoms with E-state index in [9.17, 15) is 19.5 Å². The Morgan fingerprint density at radius 1 is 1.30 bits per heavy atom. The highest BCUT2D eigenvalue weighted by Crippen LogP contribution is 2.30. The zero-order chi connectivity index (χ0) is 17.2. The summed E-state index contributed by atoms with van der Waals surface area (Å²) in [5.41, 5.74) is -0.414. The summed E-state index contributed by atoms with van der Waals surface area (Å²) in [6.07, 6.45) is 1.09. The Kier molecular flexibility index (Phi) is 4.73. The van der Waals surface area contributed by atoms with E-state index in [0.717, 1.165) is 0 Å². The van der Waals surface area contributed by atoms with Gasteiger partial charge < -0.3 is 14.9 Å². The van der Waals surface area contributed by atoms with Gasteiger partial charge in [-0.15, -0.1) is 0 Å². The maximum Gasteiger partial charge on any atom is 0.329 e. The molecule has 23 heavy (non-hydrogen) atoms. The lowest BCUT2D eigenvalue weighted by atomic mass is 9.98. The molecule has 124 valence electrons. The quantitative estimate of drug-likeness (QED) is 0.919. The molecule has 2 amide bonds. The van der Waals surface area contributed by atoms with Gasteiger partial charge in [0.15, 0.2) is 0 Å². The monoisotopic (exact) mass is 318 g/mol. The first-order valence-corrected chi connectivity index (χ1v) is 7.72. The Balaban J connectivity index is 2.30. The topological polar surface area (TPSA) is 77.9 Å². The minimum atomic E-state index is -1.18. The van der Waals surface area contributed by atoms with Crippen LogP contribution in [-0.2, 0) is 4.79 Å². The van der Waals surface area contributed by atoms with E-state index in [-0.39, 0.29) is 11.8 Å². The fraction of sp³-hybridized carbons (Fsp3) is 0.471. The van der Waals surface area contributed by atoms with Crippen molar-refractivity contribution < 1.29 is 19.5 Å². The molecule has 1 saturated heterocycles. The van der Waals surface area contributed by atoms with Crippen LogP contribution in [0.4, 0.5) is 0 Å². The van der Waals surface area contributed by atoms with Gasteiger partial charge in [0.2, 0.25) is 0 Å². The molecule has 1 aromatic carbocycles. The van der Waals surface area contributed by atoms with Crippen molar-refractivity contribution in [1.29, 1.82) is 0 Å². The van der Waals surface area contributed by atoms with E-state index in [1.807, 2.05) is 6.92 Å². The van der Waals surface area contributed by atoms with Gasteiger partial charge in [0.1, 0.15) is 5.54 Å². The molecule has 0 aromatic heterocycles. The molecule has 0 bridgehead atoms. The summed E-state index contributed by atoms with van der Waals surface area (Å²) >= 11 is 0. The predicted molar refractivity (Wildman–Crippen MR) is 85.4 cm³/mol. The number of hydrogen-bond acceptors (Lipinski definition) is 3. The molecule has 0 aliphatic carbocycles. The molecule has 1 aliphatic heterocycles. The number of hydrogen-bond donors (Lipinski definition) is 1. The molecule has 1 heterocycles. The maximum absolute atomic E-state index is 12.7. The van der Waals surface area contributed by atoms with Crippen molar-refractivity contribution in [2.45, 2.75) is 32.2 Å². The molecule has 0 spiro atoms. The van der Waals surface area contributed by atoms with Crippen LogP contribution in [0.3, 0.4) is 0 Å². The second-order valence-electron chi connectivity index (χ2n) is 6.04. The predicted octanol–water partition coefficient (Wildman–Crippen LogP) is 1.86. The van der Waals surface area contributed by atoms with Crippen LogP contribution in [-0.4, -0.2) is 58.4 Å². The van der Waals surface area contributed by atoms with E-state index < -0.39 is 11.5 Å². The van der Waals surface area contributed by atoms with Crippen LogP contribution in [0.25, 0.3) is 0 Å². The molecule has 0 saturated carbocycles. The van der Waals surface area contributed by atoms with Gasteiger partial charge in [-0.2, -0.15) is 0 Å². The Hall–Kier alpha value is -2.37. The van der Waals surface area contributed by atoms with Gasteiger partial charge in [0.25, 0.3) is 11.8 Å². The first kappa shape index (κ1) is 17.0. The highest BCUT2D eigenvalue weighted by molar-refractivity contribution is 6.01. The number of benzene rings is 1. The van der Waals surface area contributed by atoms with Crippen LogP contribution >= 0.6 is 0 Å². The molecule has 1 unspecified atom stereocenters. The van der Waals surface area contributed by atoms with Gasteiger partial charge in [-0.3, -0.25) is 9.59 Å². The van der Waals surface area contributed by atoms with E-state index in [0.29, 0.717) is 37.1 Å². The van der Waals surface area contributed by atoms with Crippen molar-refractivity contribution in [2.24, 2.45) is 0 Å². The van der Waals surface area contributed by atoms with E-state index in [1.54, 1.807) is 37.1 Å². The average molecular weight is 318 g/mol. The minimum Gasteiger partial charge on any atom is -0.480 e. The summed E-state index contributed by atoms with van der Waals surface area (Å²) < 4.78 is 0. The minimum absolute atomic E-state index is 0.162. The molecule has 1 atom stereocenters. The zero-order valence-corrected chi connectivity index (χ0v) is 13.7. The Morgan fingerprint density at radius 2 is 1.96 bits per heavy atom. The Labute approximate surface area is 135 Å². The van der Waals surface area contributed by atoms with Gasteiger partial charge in [0.05, 0.1) is 0 Å². The third-order valence-electron chi connectivity index (χ3n) is 4.52. The van der Waals surface area contributed by atoms with Gasteiger partial charge in [-0.1, -0.05) is 6.07 Å². The molecule has 1 aromatic rings. The van der Waals surface area contributed by atoms with Gasteiger partial charge in [0, 0.05) is 31.3 Å². The number of amides is 2. The number of carbonyl (C=O) groups excluding carboxylic acids is 2. The molecule has 0 radical (unpaired) electrons. The van der Waals surface area contributed by atoms with E-state index in [4.69, 9.17) is 0 Å². The van der Waals surface area contributed by atoms with Crippen molar-refractivity contribution >= 4 is 17.8 Å². The highest BCUT2D eigenvalue weighted by atomic mass is 16.4. The first-order chi connectivity index (χ1) is 10.8. The molecule has 1 aliphatic rings. The molecule has 1 fully saturated rings. The van der Waals surface area contributed by atoms with Crippen LogP contribution in [0.1, 0.15) is 47.4 Å². The first-order valence-electron chi connectivity index (χ1n) is 7.72. The lowest BCUT2D eigenvalue weighted by molar-refractivity contribution is -0.147. The fourth-order valence-corrected chi connectivity index (χ4v) is 2.82. The van der Waals surface area contributed by atoms with Gasteiger partial charge in [-0.25, -0.2) is 4.79 Å². The lowest BCUT2D eigenvalue weighted by Crippen LogP contribution is -2.50. The van der Waals surface area contributed by atoms with Crippen LogP contribution in [0, 0.1) is 0 Å². The molecule has 6 nitrogen and oxygen atoms in total. The van der Waals surface area contributed by atoms with Crippen molar-refractivity contribution in [1.82, 2.24) is 9.80 Å². The fourth-order valence-electron chi connectivity index (χ4n) is 2.82. The third-order valence-corrected chi connectivity index (χ3v) is 4.52. The number of aliphatic carboxylic acids is 1. The van der Waals surface area contributed by atoms with Crippen LogP contribution < -0.4 is 0 Å². The van der Waals surface area contributed by atoms with Crippen molar-refractivity contribution in [3.63, 3.8) is 0 Å². The Bertz CT molecular complexity index is 643. The molecule has 6 heteroatoms. The normalized spacial score (nSPS) is 20.4. The second-order valence-corrected chi connectivity index (χ2v) is 6.04. The number of carboxylic acids is 1. The summed E-state index contributed by atoms with van der Waals surface area (Å²) in [5.74, 6) is -1.51. The summed E-state index contributed by atoms with van der Waals surface area (Å²) in [7, 11) is 1.69. The molecular weight excluding hydrogens is 296 g/mol. The number of carboxylic acid groups (broad SMARTS) is 1. The number of rotatable bonds is 4. The third kappa shape index (κ3) is 3.06. The number of likely N-dealkylation sites (tertiary alicyclic amines) is 1. The summed E-state index contributed by atoms with van der Waals surface area (Å²) in [6.45, 7) is 4.42. The molecule has 1 N–H and O–H groups in total. The maximum atomic E-state index is 12.7. The SMILES string of the molecule is CCN(C)C(=O)c1cccc(C(=O)N2CCCC2(C)C(=O)O)c1. The van der Waals surface area contributed by atoms with E-state index in [1.165, 1.54) is 11.0 Å². The van der Waals surface area contributed by atoms with Crippen molar-refractivity contribution in [2.75, 3.05) is 20.1 Å². The standard InChI is InChI=1S/C17H22N2O4/c1-4-18(3)14(20)12-7-5-8-13(11-12)15(21)19-10-6-9-17(19,2)16(22)23/h5,7-8,11H,4,6,9-10H2,1-3H3,(H,22,23). The van der Waals surface area contributed by atoms with E-state index >= 15 is 0 Å². The van der Waals surface area contributed by atoms with Crippen LogP contribution in [0.2, 0.25) is 0 Å². The second kappa shape index (κ2) is 6.40. The smallest absolute Gasteiger partial charge is 0.329 e. The van der Waals surface area contributed by atoms with Crippen molar-refractivity contribution in [3.05, 3.63) is 35.4 Å². The average Bonchev–Trinajstić information content (AvgIpc) is 2.96. The summed E-state index contributed by atoms with van der Waals surface area (Å²) in [5, 5.41) is 9.43. The summed E-state index contributed by atoms with van der Waals surface area (Å²) in [4.78, 5) is 39.4.